The third-order valence-electron chi connectivity index (χ3n) is 3.08. The van der Waals surface area contributed by atoms with Gasteiger partial charge in [-0.3, -0.25) is 0 Å². The van der Waals surface area contributed by atoms with Crippen LogP contribution in [-0.4, -0.2) is 29.2 Å². The van der Waals surface area contributed by atoms with Gasteiger partial charge in [0.25, 0.3) is 0 Å². The van der Waals surface area contributed by atoms with Gasteiger partial charge in [0.2, 0.25) is 5.88 Å². The Kier molecular flexibility index (Phi) is 5.39. The molecule has 1 aromatic rings. The number of hydrogen-bond acceptors (Lipinski definition) is 5. The minimum absolute atomic E-state index is 0.328. The van der Waals surface area contributed by atoms with E-state index in [1.165, 1.54) is 6.42 Å². The van der Waals surface area contributed by atoms with Gasteiger partial charge in [-0.15, -0.1) is 0 Å². The van der Waals surface area contributed by atoms with Gasteiger partial charge in [0.1, 0.15) is 18.5 Å². The number of anilines is 1. The summed E-state index contributed by atoms with van der Waals surface area (Å²) in [5.74, 6) is 2.16. The first-order valence-electron chi connectivity index (χ1n) is 7.18. The lowest BCUT2D eigenvalue weighted by Gasteiger charge is -2.26. The van der Waals surface area contributed by atoms with E-state index in [1.807, 2.05) is 13.0 Å². The summed E-state index contributed by atoms with van der Waals surface area (Å²) in [5, 5.41) is 3.27. The Morgan fingerprint density at radius 3 is 2.79 bits per heavy atom. The first kappa shape index (κ1) is 14.1. The molecule has 1 aliphatic carbocycles. The quantitative estimate of drug-likeness (QED) is 0.783. The first-order chi connectivity index (χ1) is 9.31. The molecule has 1 saturated carbocycles. The van der Waals surface area contributed by atoms with Gasteiger partial charge in [0.15, 0.2) is 5.82 Å². The molecular weight excluding hydrogens is 242 g/mol. The van der Waals surface area contributed by atoms with E-state index >= 15 is 0 Å². The van der Waals surface area contributed by atoms with Crippen molar-refractivity contribution in [1.29, 1.82) is 0 Å². The van der Waals surface area contributed by atoms with Gasteiger partial charge in [-0.25, -0.2) is 4.98 Å². The van der Waals surface area contributed by atoms with Crippen LogP contribution < -0.4 is 10.1 Å². The number of aromatic nitrogens is 2. The van der Waals surface area contributed by atoms with Crippen LogP contribution in [0.4, 0.5) is 5.82 Å². The molecule has 19 heavy (non-hydrogen) atoms. The van der Waals surface area contributed by atoms with Crippen molar-refractivity contribution < 1.29 is 9.47 Å². The van der Waals surface area contributed by atoms with Gasteiger partial charge in [0.05, 0.1) is 0 Å². The van der Waals surface area contributed by atoms with Crippen molar-refractivity contribution in [3.63, 3.8) is 0 Å². The van der Waals surface area contributed by atoms with E-state index in [2.05, 4.69) is 22.2 Å². The van der Waals surface area contributed by atoms with E-state index in [0.717, 1.165) is 31.6 Å². The van der Waals surface area contributed by atoms with Crippen LogP contribution in [0.3, 0.4) is 0 Å². The highest BCUT2D eigenvalue weighted by Crippen LogP contribution is 2.25. The van der Waals surface area contributed by atoms with Crippen molar-refractivity contribution in [2.24, 2.45) is 0 Å². The number of nitrogens with zero attached hydrogens (tertiary/aromatic N) is 2. The largest absolute Gasteiger partial charge is 0.474 e. The summed E-state index contributed by atoms with van der Waals surface area (Å²) in [5.41, 5.74) is 0. The van der Waals surface area contributed by atoms with Gasteiger partial charge in [-0.1, -0.05) is 6.92 Å². The van der Waals surface area contributed by atoms with Crippen LogP contribution in [0.1, 0.15) is 45.4 Å². The molecule has 0 spiro atoms. The summed E-state index contributed by atoms with van der Waals surface area (Å²) in [6.45, 7) is 6.08. The van der Waals surface area contributed by atoms with Crippen molar-refractivity contribution in [3.8, 4) is 5.88 Å². The van der Waals surface area contributed by atoms with Crippen LogP contribution in [0.2, 0.25) is 0 Å². The van der Waals surface area contributed by atoms with Crippen molar-refractivity contribution >= 4 is 5.82 Å². The van der Waals surface area contributed by atoms with Crippen LogP contribution in [0.15, 0.2) is 6.07 Å². The second-order valence-electron chi connectivity index (χ2n) is 4.74. The number of rotatable bonds is 8. The van der Waals surface area contributed by atoms with Crippen LogP contribution in [-0.2, 0) is 11.3 Å². The minimum atomic E-state index is 0.328. The summed E-state index contributed by atoms with van der Waals surface area (Å²) in [4.78, 5) is 8.83. The maximum atomic E-state index is 5.84. The summed E-state index contributed by atoms with van der Waals surface area (Å²) in [6.07, 6.45) is 4.89. The summed E-state index contributed by atoms with van der Waals surface area (Å²) in [7, 11) is 0. The average Bonchev–Trinajstić information content (AvgIpc) is 2.38. The van der Waals surface area contributed by atoms with Crippen LogP contribution in [0.25, 0.3) is 0 Å². The molecule has 0 radical (unpaired) electrons. The molecule has 106 valence electrons. The molecular formula is C14H23N3O2. The molecule has 5 heteroatoms. The molecule has 1 fully saturated rings. The van der Waals surface area contributed by atoms with Gasteiger partial charge < -0.3 is 14.8 Å². The van der Waals surface area contributed by atoms with Gasteiger partial charge >= 0.3 is 0 Å². The zero-order valence-corrected chi connectivity index (χ0v) is 11.8. The Hall–Kier alpha value is -1.36. The molecule has 0 bridgehead atoms. The Balaban J connectivity index is 2.05. The fourth-order valence-electron chi connectivity index (χ4n) is 1.79. The molecule has 1 aromatic heterocycles. The van der Waals surface area contributed by atoms with Crippen molar-refractivity contribution in [1.82, 2.24) is 9.97 Å². The van der Waals surface area contributed by atoms with Crippen molar-refractivity contribution in [2.75, 3.05) is 18.5 Å². The predicted octanol–water partition coefficient (Wildman–Crippen LogP) is 2.77. The highest BCUT2D eigenvalue weighted by atomic mass is 16.5. The molecule has 2 rings (SSSR count). The fourth-order valence-corrected chi connectivity index (χ4v) is 1.79. The molecule has 5 nitrogen and oxygen atoms in total. The molecule has 1 aliphatic rings. The standard InChI is InChI=1S/C14H23N3O2/c1-3-8-15-12-9-14(19-11-6-5-7-11)17-13(16-12)10-18-4-2/h9,11H,3-8,10H2,1-2H3,(H,15,16,17). The average molecular weight is 265 g/mol. The third kappa shape index (κ3) is 4.35. The van der Waals surface area contributed by atoms with E-state index < -0.39 is 0 Å². The summed E-state index contributed by atoms with van der Waals surface area (Å²) >= 11 is 0. The van der Waals surface area contributed by atoms with E-state index in [0.29, 0.717) is 31.0 Å². The SMILES string of the molecule is CCCNc1cc(OC2CCC2)nc(COCC)n1. The van der Waals surface area contributed by atoms with Crippen molar-refractivity contribution in [3.05, 3.63) is 11.9 Å². The van der Waals surface area contributed by atoms with E-state index in [4.69, 9.17) is 9.47 Å². The lowest BCUT2D eigenvalue weighted by Crippen LogP contribution is -2.25. The molecule has 1 heterocycles. The number of hydrogen-bond donors (Lipinski definition) is 1. The van der Waals surface area contributed by atoms with Crippen LogP contribution in [0.5, 0.6) is 5.88 Å². The third-order valence-corrected chi connectivity index (χ3v) is 3.08. The second kappa shape index (κ2) is 7.28. The van der Waals surface area contributed by atoms with Gasteiger partial charge in [-0.05, 0) is 32.6 Å². The van der Waals surface area contributed by atoms with E-state index in [-0.39, 0.29) is 0 Å². The van der Waals surface area contributed by atoms with E-state index in [9.17, 15) is 0 Å². The van der Waals surface area contributed by atoms with Gasteiger partial charge in [-0.2, -0.15) is 4.98 Å². The normalized spacial score (nSPS) is 15.1. The summed E-state index contributed by atoms with van der Waals surface area (Å²) < 4.78 is 11.2. The summed E-state index contributed by atoms with van der Waals surface area (Å²) in [6, 6.07) is 1.88. The first-order valence-corrected chi connectivity index (χ1v) is 7.18. The molecule has 0 saturated heterocycles. The molecule has 0 amide bonds. The molecule has 0 aromatic carbocycles. The number of nitrogens with one attached hydrogen (secondary N) is 1. The Morgan fingerprint density at radius 1 is 1.32 bits per heavy atom. The van der Waals surface area contributed by atoms with Crippen LogP contribution >= 0.6 is 0 Å². The molecule has 0 atom stereocenters. The predicted molar refractivity (Wildman–Crippen MR) is 74.4 cm³/mol. The highest BCUT2D eigenvalue weighted by molar-refractivity contribution is 5.38. The smallest absolute Gasteiger partial charge is 0.219 e. The Morgan fingerprint density at radius 2 is 2.16 bits per heavy atom. The fraction of sp³-hybridized carbons (Fsp3) is 0.714. The molecule has 0 aliphatic heterocycles. The zero-order chi connectivity index (χ0) is 13.5. The topological polar surface area (TPSA) is 56.3 Å². The highest BCUT2D eigenvalue weighted by Gasteiger charge is 2.20. The van der Waals surface area contributed by atoms with E-state index in [1.54, 1.807) is 0 Å². The van der Waals surface area contributed by atoms with Gasteiger partial charge in [0, 0.05) is 19.2 Å². The molecule has 0 unspecified atom stereocenters. The maximum Gasteiger partial charge on any atom is 0.219 e. The van der Waals surface area contributed by atoms with Crippen molar-refractivity contribution in [2.45, 2.75) is 52.2 Å². The lowest BCUT2D eigenvalue weighted by molar-refractivity contribution is 0.109. The maximum absolute atomic E-state index is 5.84. The Labute approximate surface area is 114 Å². The number of ether oxygens (including phenoxy) is 2. The zero-order valence-electron chi connectivity index (χ0n) is 11.8. The lowest BCUT2D eigenvalue weighted by atomic mass is 9.96. The van der Waals surface area contributed by atoms with Crippen LogP contribution in [0, 0.1) is 0 Å². The monoisotopic (exact) mass is 265 g/mol. The molecule has 1 N–H and O–H groups in total. The minimum Gasteiger partial charge on any atom is -0.474 e. The Bertz CT molecular complexity index is 368. The second-order valence-corrected chi connectivity index (χ2v) is 4.74.